The average molecular weight is 353 g/mol. The minimum atomic E-state index is -0.0989. The quantitative estimate of drug-likeness (QED) is 0.862. The monoisotopic (exact) mass is 353 g/mol. The van der Waals surface area contributed by atoms with Gasteiger partial charge >= 0.3 is 6.03 Å². The zero-order chi connectivity index (χ0) is 17.9. The molecule has 0 saturated carbocycles. The molecule has 2 aliphatic heterocycles. The van der Waals surface area contributed by atoms with Crippen LogP contribution in [0.3, 0.4) is 0 Å². The Morgan fingerprint density at radius 1 is 1.19 bits per heavy atom. The molecule has 1 aromatic heterocycles. The molecule has 138 valence electrons. The molecule has 0 aliphatic carbocycles. The Kier molecular flexibility index (Phi) is 4.98. The molecular weight excluding hydrogens is 326 g/mol. The van der Waals surface area contributed by atoms with Crippen molar-refractivity contribution >= 4 is 11.7 Å². The second-order valence-corrected chi connectivity index (χ2v) is 7.63. The summed E-state index contributed by atoms with van der Waals surface area (Å²) in [5.41, 5.74) is 1.99. The van der Waals surface area contributed by atoms with E-state index < -0.39 is 0 Å². The SMILES string of the molecule is Cc1cccc(NC(=O)NC2C[C@H]3CCC[C@H](C2)N3Cc2ccco2)c1. The summed E-state index contributed by atoms with van der Waals surface area (Å²) in [6.07, 6.45) is 7.46. The van der Waals surface area contributed by atoms with E-state index in [9.17, 15) is 4.79 Å². The van der Waals surface area contributed by atoms with Crippen LogP contribution in [0.2, 0.25) is 0 Å². The van der Waals surface area contributed by atoms with Crippen molar-refractivity contribution in [2.45, 2.75) is 63.7 Å². The number of carbonyl (C=O) groups is 1. The molecule has 2 bridgehead atoms. The van der Waals surface area contributed by atoms with Crippen molar-refractivity contribution in [3.8, 4) is 0 Å². The topological polar surface area (TPSA) is 57.5 Å². The maximum atomic E-state index is 12.4. The number of nitrogens with zero attached hydrogens (tertiary/aromatic N) is 1. The lowest BCUT2D eigenvalue weighted by molar-refractivity contribution is 0.0150. The summed E-state index contributed by atoms with van der Waals surface area (Å²) in [5, 5.41) is 6.16. The number of amides is 2. The van der Waals surface area contributed by atoms with E-state index in [4.69, 9.17) is 4.42 Å². The molecule has 2 fully saturated rings. The number of hydrogen-bond donors (Lipinski definition) is 2. The van der Waals surface area contributed by atoms with Gasteiger partial charge in [-0.05, 0) is 62.4 Å². The number of nitrogens with one attached hydrogen (secondary N) is 2. The fourth-order valence-corrected chi connectivity index (χ4v) is 4.51. The molecule has 2 aromatic rings. The van der Waals surface area contributed by atoms with Gasteiger partial charge in [-0.2, -0.15) is 0 Å². The van der Waals surface area contributed by atoms with Gasteiger partial charge in [-0.25, -0.2) is 4.79 Å². The fourth-order valence-electron chi connectivity index (χ4n) is 4.51. The highest BCUT2D eigenvalue weighted by molar-refractivity contribution is 5.89. The Hall–Kier alpha value is -2.27. The number of carbonyl (C=O) groups excluding carboxylic acids is 1. The second kappa shape index (κ2) is 7.54. The highest BCUT2D eigenvalue weighted by atomic mass is 16.3. The molecule has 2 saturated heterocycles. The van der Waals surface area contributed by atoms with E-state index in [1.54, 1.807) is 6.26 Å². The third-order valence-corrected chi connectivity index (χ3v) is 5.66. The highest BCUT2D eigenvalue weighted by Crippen LogP contribution is 2.35. The van der Waals surface area contributed by atoms with E-state index in [2.05, 4.69) is 21.6 Å². The van der Waals surface area contributed by atoms with Crippen molar-refractivity contribution in [1.29, 1.82) is 0 Å². The van der Waals surface area contributed by atoms with Gasteiger partial charge < -0.3 is 15.1 Å². The van der Waals surface area contributed by atoms with Crippen LogP contribution in [-0.4, -0.2) is 29.1 Å². The molecule has 2 N–H and O–H groups in total. The summed E-state index contributed by atoms with van der Waals surface area (Å²) in [7, 11) is 0. The standard InChI is InChI=1S/C21H27N3O2/c1-15-5-2-6-16(11-15)22-21(25)23-17-12-18-7-3-8-19(13-17)24(18)14-20-9-4-10-26-20/h2,4-6,9-11,17-19H,3,7-8,12-14H2,1H3,(H2,22,23,25)/t18-,19-/m1/s1. The lowest BCUT2D eigenvalue weighted by atomic mass is 9.81. The summed E-state index contributed by atoms with van der Waals surface area (Å²) in [4.78, 5) is 15.0. The molecule has 4 rings (SSSR count). The van der Waals surface area contributed by atoms with Gasteiger partial charge in [0.25, 0.3) is 0 Å². The van der Waals surface area contributed by atoms with Crippen LogP contribution in [0.1, 0.15) is 43.4 Å². The number of aryl methyl sites for hydroxylation is 1. The smallest absolute Gasteiger partial charge is 0.319 e. The predicted octanol–water partition coefficient (Wildman–Crippen LogP) is 4.30. The fraction of sp³-hybridized carbons (Fsp3) is 0.476. The normalized spacial score (nSPS) is 25.7. The van der Waals surface area contributed by atoms with Gasteiger partial charge in [0.15, 0.2) is 0 Å². The van der Waals surface area contributed by atoms with Gasteiger partial charge in [-0.1, -0.05) is 18.6 Å². The van der Waals surface area contributed by atoms with E-state index in [1.807, 2.05) is 37.3 Å². The van der Waals surface area contributed by atoms with Crippen LogP contribution in [0, 0.1) is 6.92 Å². The van der Waals surface area contributed by atoms with Crippen molar-refractivity contribution < 1.29 is 9.21 Å². The van der Waals surface area contributed by atoms with Gasteiger partial charge in [0.05, 0.1) is 12.8 Å². The van der Waals surface area contributed by atoms with Crippen LogP contribution in [-0.2, 0) is 6.54 Å². The molecule has 3 heterocycles. The average Bonchev–Trinajstić information content (AvgIpc) is 3.08. The van der Waals surface area contributed by atoms with Crippen LogP contribution >= 0.6 is 0 Å². The summed E-state index contributed by atoms with van der Waals surface area (Å²) in [6.45, 7) is 2.91. The third-order valence-electron chi connectivity index (χ3n) is 5.66. The zero-order valence-electron chi connectivity index (χ0n) is 15.3. The van der Waals surface area contributed by atoms with E-state index in [0.29, 0.717) is 12.1 Å². The molecule has 5 heteroatoms. The molecular formula is C21H27N3O2. The first-order valence-corrected chi connectivity index (χ1v) is 9.60. The molecule has 26 heavy (non-hydrogen) atoms. The minimum absolute atomic E-state index is 0.0989. The lowest BCUT2D eigenvalue weighted by Gasteiger charge is -2.48. The van der Waals surface area contributed by atoms with Gasteiger partial charge in [0.2, 0.25) is 0 Å². The van der Waals surface area contributed by atoms with Crippen LogP contribution in [0.4, 0.5) is 10.5 Å². The molecule has 1 aromatic carbocycles. The Bertz CT molecular complexity index is 729. The number of urea groups is 1. The van der Waals surface area contributed by atoms with Crippen molar-refractivity contribution in [2.75, 3.05) is 5.32 Å². The molecule has 2 aliphatic rings. The van der Waals surface area contributed by atoms with Crippen molar-refractivity contribution in [3.05, 3.63) is 54.0 Å². The Balaban J connectivity index is 1.35. The molecule has 5 nitrogen and oxygen atoms in total. The third kappa shape index (κ3) is 3.93. The molecule has 0 unspecified atom stereocenters. The molecule has 0 spiro atoms. The van der Waals surface area contributed by atoms with Crippen molar-refractivity contribution in [3.63, 3.8) is 0 Å². The van der Waals surface area contributed by atoms with Crippen LogP contribution in [0.5, 0.6) is 0 Å². The number of benzene rings is 1. The summed E-state index contributed by atoms with van der Waals surface area (Å²) in [5.74, 6) is 1.03. The van der Waals surface area contributed by atoms with E-state index >= 15 is 0 Å². The van der Waals surface area contributed by atoms with Gasteiger partial charge in [0, 0.05) is 23.8 Å². The van der Waals surface area contributed by atoms with Crippen LogP contribution < -0.4 is 10.6 Å². The Morgan fingerprint density at radius 3 is 2.69 bits per heavy atom. The number of piperidine rings is 2. The minimum Gasteiger partial charge on any atom is -0.468 e. The van der Waals surface area contributed by atoms with E-state index in [1.165, 1.54) is 19.3 Å². The number of rotatable bonds is 4. The molecule has 0 radical (unpaired) electrons. The predicted molar refractivity (Wildman–Crippen MR) is 102 cm³/mol. The molecule has 2 atom stereocenters. The Morgan fingerprint density at radius 2 is 2.00 bits per heavy atom. The number of fused-ring (bicyclic) bond motifs is 2. The number of hydrogen-bond acceptors (Lipinski definition) is 3. The van der Waals surface area contributed by atoms with Crippen LogP contribution in [0.15, 0.2) is 47.1 Å². The largest absolute Gasteiger partial charge is 0.468 e. The van der Waals surface area contributed by atoms with Crippen molar-refractivity contribution in [1.82, 2.24) is 10.2 Å². The van der Waals surface area contributed by atoms with Crippen LogP contribution in [0.25, 0.3) is 0 Å². The number of anilines is 1. The van der Waals surface area contributed by atoms with Gasteiger partial charge in [0.1, 0.15) is 5.76 Å². The zero-order valence-corrected chi connectivity index (χ0v) is 15.3. The first-order valence-electron chi connectivity index (χ1n) is 9.60. The lowest BCUT2D eigenvalue weighted by Crippen LogP contribution is -2.56. The highest BCUT2D eigenvalue weighted by Gasteiger charge is 2.38. The second-order valence-electron chi connectivity index (χ2n) is 7.63. The first kappa shape index (κ1) is 17.2. The molecule has 2 amide bonds. The maximum absolute atomic E-state index is 12.4. The first-order chi connectivity index (χ1) is 12.7. The van der Waals surface area contributed by atoms with E-state index in [0.717, 1.165) is 36.4 Å². The van der Waals surface area contributed by atoms with Gasteiger partial charge in [-0.3, -0.25) is 4.90 Å². The summed E-state index contributed by atoms with van der Waals surface area (Å²) >= 11 is 0. The van der Waals surface area contributed by atoms with Gasteiger partial charge in [-0.15, -0.1) is 0 Å². The summed E-state index contributed by atoms with van der Waals surface area (Å²) < 4.78 is 5.55. The summed E-state index contributed by atoms with van der Waals surface area (Å²) in [6, 6.07) is 13.1. The van der Waals surface area contributed by atoms with E-state index in [-0.39, 0.29) is 12.1 Å². The number of furan rings is 1. The van der Waals surface area contributed by atoms with Crippen molar-refractivity contribution in [2.24, 2.45) is 0 Å². The Labute approximate surface area is 154 Å². The maximum Gasteiger partial charge on any atom is 0.319 e.